The second-order valence-corrected chi connectivity index (χ2v) is 9.30. The fourth-order valence-corrected chi connectivity index (χ4v) is 4.73. The number of aliphatic hydroxyl groups is 1. The molecule has 8 heteroatoms. The molecule has 1 aromatic rings. The summed E-state index contributed by atoms with van der Waals surface area (Å²) in [5.41, 5.74) is -1.54. The van der Waals surface area contributed by atoms with E-state index in [0.717, 1.165) is 6.07 Å². The average Bonchev–Trinajstić information content (AvgIpc) is 2.50. The van der Waals surface area contributed by atoms with Crippen molar-refractivity contribution in [3.63, 3.8) is 0 Å². The number of sulfone groups is 1. The van der Waals surface area contributed by atoms with E-state index in [1.165, 1.54) is 12.1 Å². The molecule has 0 aliphatic carbocycles. The maximum Gasteiger partial charge on any atom is 0.416 e. The first kappa shape index (κ1) is 20.2. The summed E-state index contributed by atoms with van der Waals surface area (Å²) in [6, 6.07) is 5.25. The molecule has 0 saturated carbocycles. The molecular formula is C17H24F3NO3S. The lowest BCUT2D eigenvalue weighted by atomic mass is 9.94. The van der Waals surface area contributed by atoms with Crippen LogP contribution in [0.2, 0.25) is 0 Å². The van der Waals surface area contributed by atoms with Crippen LogP contribution in [0.15, 0.2) is 24.3 Å². The highest BCUT2D eigenvalue weighted by molar-refractivity contribution is 7.91. The summed E-state index contributed by atoms with van der Waals surface area (Å²) in [5.74, 6) is -0.106. The minimum absolute atomic E-state index is 0.0529. The summed E-state index contributed by atoms with van der Waals surface area (Å²) in [5, 5.41) is 10.6. The van der Waals surface area contributed by atoms with Crippen molar-refractivity contribution >= 4 is 9.84 Å². The van der Waals surface area contributed by atoms with Crippen LogP contribution in [0.5, 0.6) is 0 Å². The minimum Gasteiger partial charge on any atom is -0.388 e. The maximum atomic E-state index is 13.1. The van der Waals surface area contributed by atoms with Gasteiger partial charge in [0.25, 0.3) is 0 Å². The number of alkyl halides is 3. The third-order valence-electron chi connectivity index (χ3n) is 4.89. The van der Waals surface area contributed by atoms with E-state index in [0.29, 0.717) is 0 Å². The number of nitrogens with zero attached hydrogens (tertiary/aromatic N) is 1. The van der Waals surface area contributed by atoms with Crippen LogP contribution in [0.4, 0.5) is 13.2 Å². The molecule has 1 saturated heterocycles. The predicted molar refractivity (Wildman–Crippen MR) is 90.1 cm³/mol. The molecule has 1 fully saturated rings. The Labute approximate surface area is 146 Å². The largest absolute Gasteiger partial charge is 0.416 e. The van der Waals surface area contributed by atoms with Crippen molar-refractivity contribution in [3.05, 3.63) is 35.4 Å². The summed E-state index contributed by atoms with van der Waals surface area (Å²) in [6.07, 6.45) is -3.89. The first-order chi connectivity index (χ1) is 11.4. The van der Waals surface area contributed by atoms with Gasteiger partial charge in [-0.15, -0.1) is 0 Å². The number of likely N-dealkylation sites (N-methyl/N-ethyl adjacent to an activating group) is 1. The third kappa shape index (κ3) is 5.43. The molecule has 4 nitrogen and oxygen atoms in total. The smallest absolute Gasteiger partial charge is 0.388 e. The van der Waals surface area contributed by atoms with Gasteiger partial charge in [-0.1, -0.05) is 18.2 Å². The summed E-state index contributed by atoms with van der Waals surface area (Å²) < 4.78 is 62.3. The van der Waals surface area contributed by atoms with Gasteiger partial charge in [-0.3, -0.25) is 0 Å². The molecule has 1 atom stereocenters. The number of halogens is 3. The Balaban J connectivity index is 2.03. The van der Waals surface area contributed by atoms with Gasteiger partial charge in [0.2, 0.25) is 0 Å². The van der Waals surface area contributed by atoms with Crippen molar-refractivity contribution in [2.75, 3.05) is 25.1 Å². The molecule has 1 aliphatic rings. The molecule has 0 radical (unpaired) electrons. The highest BCUT2D eigenvalue weighted by atomic mass is 32.2. The third-order valence-corrected chi connectivity index (χ3v) is 6.54. The van der Waals surface area contributed by atoms with Gasteiger partial charge in [-0.2, -0.15) is 13.2 Å². The predicted octanol–water partition coefficient (Wildman–Crippen LogP) is 2.51. The molecule has 0 amide bonds. The molecule has 1 heterocycles. The second kappa shape index (κ2) is 7.25. The Morgan fingerprint density at radius 2 is 1.80 bits per heavy atom. The van der Waals surface area contributed by atoms with Crippen LogP contribution in [0, 0.1) is 0 Å². The van der Waals surface area contributed by atoms with Crippen LogP contribution in [-0.2, 0) is 22.4 Å². The molecule has 142 valence electrons. The van der Waals surface area contributed by atoms with Gasteiger partial charge < -0.3 is 10.0 Å². The van der Waals surface area contributed by atoms with Crippen LogP contribution in [0.1, 0.15) is 30.9 Å². The molecule has 0 aromatic heterocycles. The van der Waals surface area contributed by atoms with Crippen molar-refractivity contribution < 1.29 is 26.7 Å². The Kier molecular flexibility index (Phi) is 5.85. The molecule has 0 spiro atoms. The Bertz CT molecular complexity index is 689. The van der Waals surface area contributed by atoms with Gasteiger partial charge in [0.1, 0.15) is 0 Å². The minimum atomic E-state index is -4.40. The molecule has 0 bridgehead atoms. The lowest BCUT2D eigenvalue weighted by molar-refractivity contribution is -0.138. The zero-order valence-electron chi connectivity index (χ0n) is 14.4. The van der Waals surface area contributed by atoms with Gasteiger partial charge >= 0.3 is 6.18 Å². The summed E-state index contributed by atoms with van der Waals surface area (Å²) in [6.45, 7) is 2.04. The van der Waals surface area contributed by atoms with Crippen LogP contribution < -0.4 is 0 Å². The van der Waals surface area contributed by atoms with Crippen LogP contribution in [0.3, 0.4) is 0 Å². The SMILES string of the molecule is CC(Cc1ccccc1C(F)(F)F)N(C)CC1(O)CCS(=O)(=O)CC1. The van der Waals surface area contributed by atoms with Crippen LogP contribution in [-0.4, -0.2) is 55.2 Å². The van der Waals surface area contributed by atoms with E-state index < -0.39 is 27.2 Å². The van der Waals surface area contributed by atoms with Crippen molar-refractivity contribution in [1.82, 2.24) is 4.90 Å². The quantitative estimate of drug-likeness (QED) is 0.854. The highest BCUT2D eigenvalue weighted by Crippen LogP contribution is 2.33. The standard InChI is InChI=1S/C17H24F3NO3S/c1-13(11-14-5-3-4-6-15(14)17(18,19)20)21(2)12-16(22)7-9-25(23,24)10-8-16/h3-6,13,22H,7-12H2,1-2H3. The number of rotatable bonds is 5. The Morgan fingerprint density at radius 1 is 1.24 bits per heavy atom. The zero-order valence-corrected chi connectivity index (χ0v) is 15.2. The lowest BCUT2D eigenvalue weighted by Gasteiger charge is -2.37. The topological polar surface area (TPSA) is 57.6 Å². The molecule has 1 unspecified atom stereocenters. The summed E-state index contributed by atoms with van der Waals surface area (Å²) in [7, 11) is -1.35. The van der Waals surface area contributed by atoms with Gasteiger partial charge in [-0.05, 0) is 44.9 Å². The van der Waals surface area contributed by atoms with Crippen molar-refractivity contribution in [2.24, 2.45) is 0 Å². The highest BCUT2D eigenvalue weighted by Gasteiger charge is 2.37. The molecular weight excluding hydrogens is 355 g/mol. The molecule has 25 heavy (non-hydrogen) atoms. The van der Waals surface area contributed by atoms with Crippen molar-refractivity contribution in [3.8, 4) is 0 Å². The monoisotopic (exact) mass is 379 g/mol. The van der Waals surface area contributed by atoms with E-state index in [4.69, 9.17) is 0 Å². The van der Waals surface area contributed by atoms with Gasteiger partial charge in [0.15, 0.2) is 9.84 Å². The van der Waals surface area contributed by atoms with Crippen molar-refractivity contribution in [2.45, 2.75) is 44.0 Å². The van der Waals surface area contributed by atoms with E-state index in [1.807, 2.05) is 0 Å². The Hall–Kier alpha value is -1.12. The summed E-state index contributed by atoms with van der Waals surface area (Å²) in [4.78, 5) is 1.80. The first-order valence-electron chi connectivity index (χ1n) is 8.20. The lowest BCUT2D eigenvalue weighted by Crippen LogP contribution is -2.49. The molecule has 1 N–H and O–H groups in total. The van der Waals surface area contributed by atoms with Crippen LogP contribution >= 0.6 is 0 Å². The van der Waals surface area contributed by atoms with Crippen LogP contribution in [0.25, 0.3) is 0 Å². The van der Waals surface area contributed by atoms with Gasteiger partial charge in [0.05, 0.1) is 22.7 Å². The Morgan fingerprint density at radius 3 is 2.36 bits per heavy atom. The van der Waals surface area contributed by atoms with E-state index >= 15 is 0 Å². The number of benzene rings is 1. The fraction of sp³-hybridized carbons (Fsp3) is 0.647. The average molecular weight is 379 g/mol. The second-order valence-electron chi connectivity index (χ2n) is 7.00. The van der Waals surface area contributed by atoms with E-state index in [-0.39, 0.29) is 48.9 Å². The first-order valence-corrected chi connectivity index (χ1v) is 10.0. The molecule has 2 rings (SSSR count). The number of hydrogen-bond acceptors (Lipinski definition) is 4. The van der Waals surface area contributed by atoms with Gasteiger partial charge in [0, 0.05) is 12.6 Å². The summed E-state index contributed by atoms with van der Waals surface area (Å²) >= 11 is 0. The van der Waals surface area contributed by atoms with Crippen molar-refractivity contribution in [1.29, 1.82) is 0 Å². The number of hydrogen-bond donors (Lipinski definition) is 1. The molecule has 1 aliphatic heterocycles. The maximum absolute atomic E-state index is 13.1. The fourth-order valence-electron chi connectivity index (χ4n) is 3.15. The molecule has 1 aromatic carbocycles. The normalized spacial score (nSPS) is 21.2. The van der Waals surface area contributed by atoms with Gasteiger partial charge in [-0.25, -0.2) is 8.42 Å². The zero-order chi connectivity index (χ0) is 18.9. The van der Waals surface area contributed by atoms with E-state index in [2.05, 4.69) is 0 Å². The van der Waals surface area contributed by atoms with E-state index in [9.17, 15) is 26.7 Å². The van der Waals surface area contributed by atoms with E-state index in [1.54, 1.807) is 24.9 Å².